The van der Waals surface area contributed by atoms with Crippen molar-refractivity contribution < 1.29 is 4.74 Å². The first-order valence-electron chi connectivity index (χ1n) is 5.42. The first kappa shape index (κ1) is 14.5. The second-order valence-corrected chi connectivity index (χ2v) is 4.51. The first-order chi connectivity index (χ1) is 8.11. The second kappa shape index (κ2) is 6.99. The van der Waals surface area contributed by atoms with Crippen molar-refractivity contribution >= 4 is 29.0 Å². The zero-order valence-electron chi connectivity index (χ0n) is 10.3. The Morgan fingerprint density at radius 3 is 2.65 bits per heavy atom. The molecule has 0 aliphatic carbocycles. The van der Waals surface area contributed by atoms with Crippen LogP contribution >= 0.6 is 23.2 Å². The number of aromatic nitrogens is 2. The zero-order chi connectivity index (χ0) is 12.8. The maximum atomic E-state index is 6.02. The van der Waals surface area contributed by atoms with E-state index in [2.05, 4.69) is 28.7 Å². The molecule has 17 heavy (non-hydrogen) atoms. The molecule has 0 aliphatic rings. The van der Waals surface area contributed by atoms with E-state index in [4.69, 9.17) is 27.9 Å². The molecule has 0 bridgehead atoms. The highest BCUT2D eigenvalue weighted by Crippen LogP contribution is 2.26. The predicted octanol–water partition coefficient (Wildman–Crippen LogP) is 2.73. The van der Waals surface area contributed by atoms with Crippen molar-refractivity contribution in [2.45, 2.75) is 25.8 Å². The quantitative estimate of drug-likeness (QED) is 0.592. The Bertz CT molecular complexity index is 361. The molecule has 0 saturated heterocycles. The van der Waals surface area contributed by atoms with E-state index in [0.29, 0.717) is 17.6 Å². The summed E-state index contributed by atoms with van der Waals surface area (Å²) in [6.45, 7) is 5.54. The van der Waals surface area contributed by atoms with Crippen molar-refractivity contribution in [2.75, 3.05) is 25.2 Å². The lowest BCUT2D eigenvalue weighted by Crippen LogP contribution is -2.35. The van der Waals surface area contributed by atoms with Crippen LogP contribution in [0.4, 0.5) is 5.82 Å². The number of anilines is 1. The molecule has 6 heteroatoms. The van der Waals surface area contributed by atoms with E-state index in [-0.39, 0.29) is 6.04 Å². The van der Waals surface area contributed by atoms with Crippen molar-refractivity contribution in [2.24, 2.45) is 0 Å². The number of halogens is 2. The topological polar surface area (TPSA) is 38.2 Å². The van der Waals surface area contributed by atoms with Gasteiger partial charge in [0.1, 0.15) is 17.3 Å². The number of hydrogen-bond acceptors (Lipinski definition) is 4. The van der Waals surface area contributed by atoms with Crippen LogP contribution in [-0.4, -0.2) is 36.3 Å². The average molecular weight is 278 g/mol. The van der Waals surface area contributed by atoms with Gasteiger partial charge in [0.2, 0.25) is 0 Å². The summed E-state index contributed by atoms with van der Waals surface area (Å²) in [5.74, 6) is 1.08. The molecule has 0 unspecified atom stereocenters. The van der Waals surface area contributed by atoms with Gasteiger partial charge in [-0.2, -0.15) is 0 Å². The number of methoxy groups -OCH3 is 1. The third kappa shape index (κ3) is 3.69. The number of rotatable bonds is 6. The number of nitrogens with zero attached hydrogens (tertiary/aromatic N) is 3. The van der Waals surface area contributed by atoms with Crippen LogP contribution in [0.1, 0.15) is 19.4 Å². The number of alkyl halides is 1. The van der Waals surface area contributed by atoms with Gasteiger partial charge in [-0.15, -0.1) is 11.6 Å². The highest BCUT2D eigenvalue weighted by atomic mass is 35.5. The molecule has 0 N–H and O–H groups in total. The molecular formula is C11H17Cl2N3O. The summed E-state index contributed by atoms with van der Waals surface area (Å²) >= 11 is 11.9. The van der Waals surface area contributed by atoms with E-state index < -0.39 is 0 Å². The molecule has 1 heterocycles. The van der Waals surface area contributed by atoms with Crippen LogP contribution in [0.2, 0.25) is 5.15 Å². The van der Waals surface area contributed by atoms with E-state index in [1.165, 1.54) is 6.33 Å². The highest BCUT2D eigenvalue weighted by Gasteiger charge is 2.17. The van der Waals surface area contributed by atoms with Gasteiger partial charge in [0.15, 0.2) is 0 Å². The third-order valence-electron chi connectivity index (χ3n) is 2.44. The molecule has 1 rings (SSSR count). The summed E-state index contributed by atoms with van der Waals surface area (Å²) in [5, 5.41) is 0.410. The van der Waals surface area contributed by atoms with Gasteiger partial charge in [0, 0.05) is 25.3 Å². The van der Waals surface area contributed by atoms with Gasteiger partial charge in [-0.05, 0) is 13.8 Å². The van der Waals surface area contributed by atoms with Crippen molar-refractivity contribution in [3.8, 4) is 0 Å². The fourth-order valence-electron chi connectivity index (χ4n) is 1.54. The average Bonchev–Trinajstić information content (AvgIpc) is 2.29. The Balaban J connectivity index is 3.04. The van der Waals surface area contributed by atoms with Crippen molar-refractivity contribution in [1.82, 2.24) is 9.97 Å². The van der Waals surface area contributed by atoms with Gasteiger partial charge in [0.25, 0.3) is 0 Å². The monoisotopic (exact) mass is 277 g/mol. The van der Waals surface area contributed by atoms with Gasteiger partial charge in [0.05, 0.1) is 12.5 Å². The molecule has 1 aromatic heterocycles. The van der Waals surface area contributed by atoms with E-state index in [1.54, 1.807) is 7.11 Å². The summed E-state index contributed by atoms with van der Waals surface area (Å²) in [7, 11) is 1.67. The second-order valence-electron chi connectivity index (χ2n) is 3.88. The summed E-state index contributed by atoms with van der Waals surface area (Å²) in [6.07, 6.45) is 1.45. The fourth-order valence-corrected chi connectivity index (χ4v) is 2.05. The normalized spacial score (nSPS) is 10.9. The highest BCUT2D eigenvalue weighted by molar-refractivity contribution is 6.31. The van der Waals surface area contributed by atoms with Crippen molar-refractivity contribution in [3.63, 3.8) is 0 Å². The molecule has 1 aromatic rings. The largest absolute Gasteiger partial charge is 0.383 e. The molecule has 4 nitrogen and oxygen atoms in total. The minimum Gasteiger partial charge on any atom is -0.383 e. The van der Waals surface area contributed by atoms with E-state index in [1.807, 2.05) is 0 Å². The SMILES string of the molecule is COCCN(c1ncnc(Cl)c1CCl)C(C)C. The van der Waals surface area contributed by atoms with Gasteiger partial charge in [-0.1, -0.05) is 11.6 Å². The first-order valence-corrected chi connectivity index (χ1v) is 6.34. The van der Waals surface area contributed by atoms with Gasteiger partial charge < -0.3 is 9.64 Å². The molecule has 0 aromatic carbocycles. The maximum Gasteiger partial charge on any atom is 0.138 e. The standard InChI is InChI=1S/C11H17Cl2N3O/c1-8(2)16(4-5-17-3)11-9(6-12)10(13)14-7-15-11/h7-8H,4-6H2,1-3H3. The smallest absolute Gasteiger partial charge is 0.138 e. The third-order valence-corrected chi connectivity index (χ3v) is 3.03. The van der Waals surface area contributed by atoms with Crippen LogP contribution in [-0.2, 0) is 10.6 Å². The van der Waals surface area contributed by atoms with Gasteiger partial charge in [-0.3, -0.25) is 0 Å². The van der Waals surface area contributed by atoms with Crippen LogP contribution in [0.15, 0.2) is 6.33 Å². The molecule has 0 radical (unpaired) electrons. The lowest BCUT2D eigenvalue weighted by atomic mass is 10.2. The van der Waals surface area contributed by atoms with E-state index >= 15 is 0 Å². The maximum absolute atomic E-state index is 6.02. The molecule has 0 aliphatic heterocycles. The molecule has 0 saturated carbocycles. The number of hydrogen-bond donors (Lipinski definition) is 0. The van der Waals surface area contributed by atoms with Crippen LogP contribution in [0.3, 0.4) is 0 Å². The lowest BCUT2D eigenvalue weighted by molar-refractivity contribution is 0.203. The zero-order valence-corrected chi connectivity index (χ0v) is 11.8. The fraction of sp³-hybridized carbons (Fsp3) is 0.636. The van der Waals surface area contributed by atoms with Gasteiger partial charge in [-0.25, -0.2) is 9.97 Å². The van der Waals surface area contributed by atoms with E-state index in [9.17, 15) is 0 Å². The molecule has 0 spiro atoms. The molecule has 0 fully saturated rings. The minimum atomic E-state index is 0.290. The van der Waals surface area contributed by atoms with Crippen LogP contribution in [0.5, 0.6) is 0 Å². The van der Waals surface area contributed by atoms with Crippen molar-refractivity contribution in [3.05, 3.63) is 17.0 Å². The Morgan fingerprint density at radius 1 is 1.41 bits per heavy atom. The Morgan fingerprint density at radius 2 is 2.12 bits per heavy atom. The lowest BCUT2D eigenvalue weighted by Gasteiger charge is -2.29. The molecule has 0 amide bonds. The number of ether oxygens (including phenoxy) is 1. The summed E-state index contributed by atoms with van der Waals surface area (Å²) in [4.78, 5) is 10.3. The predicted molar refractivity (Wildman–Crippen MR) is 71.0 cm³/mol. The van der Waals surface area contributed by atoms with Gasteiger partial charge >= 0.3 is 0 Å². The van der Waals surface area contributed by atoms with Crippen molar-refractivity contribution in [1.29, 1.82) is 0 Å². The Hall–Kier alpha value is -0.580. The van der Waals surface area contributed by atoms with Crippen LogP contribution in [0, 0.1) is 0 Å². The minimum absolute atomic E-state index is 0.290. The van der Waals surface area contributed by atoms with Crippen LogP contribution in [0.25, 0.3) is 0 Å². The molecular weight excluding hydrogens is 261 g/mol. The summed E-state index contributed by atoms with van der Waals surface area (Å²) in [6, 6.07) is 0.290. The van der Waals surface area contributed by atoms with E-state index in [0.717, 1.165) is 17.9 Å². The molecule has 0 atom stereocenters. The molecule has 96 valence electrons. The summed E-state index contributed by atoms with van der Waals surface area (Å²) in [5.41, 5.74) is 0.764. The van der Waals surface area contributed by atoms with Crippen LogP contribution < -0.4 is 4.90 Å². The summed E-state index contributed by atoms with van der Waals surface area (Å²) < 4.78 is 5.10. The Labute approximate surface area is 112 Å². The Kier molecular flexibility index (Phi) is 5.95.